The van der Waals surface area contributed by atoms with Gasteiger partial charge in [-0.05, 0) is 12.1 Å². The van der Waals surface area contributed by atoms with Crippen LogP contribution in [0.5, 0.6) is 0 Å². The van der Waals surface area contributed by atoms with Gasteiger partial charge in [-0.15, -0.1) is 15.0 Å². The van der Waals surface area contributed by atoms with Gasteiger partial charge < -0.3 is 4.74 Å². The molecule has 0 aliphatic heterocycles. The third-order valence-corrected chi connectivity index (χ3v) is 2.53. The largest absolute Gasteiger partial charge is 0.438 e. The first-order chi connectivity index (χ1) is 8.38. The number of carbonyl (C=O) groups excluding carboxylic acids is 1. The second-order valence-corrected chi connectivity index (χ2v) is 5.34. The minimum atomic E-state index is -0.512. The number of hydrogen-bond acceptors (Lipinski definition) is 4. The van der Waals surface area contributed by atoms with Gasteiger partial charge in [0.05, 0.1) is 0 Å². The summed E-state index contributed by atoms with van der Waals surface area (Å²) < 4.78 is 5.33. The van der Waals surface area contributed by atoms with Gasteiger partial charge in [-0.2, -0.15) is 0 Å². The van der Waals surface area contributed by atoms with E-state index in [0.717, 1.165) is 11.0 Å². The van der Waals surface area contributed by atoms with Crippen LogP contribution in [-0.4, -0.2) is 21.0 Å². The second-order valence-electron chi connectivity index (χ2n) is 5.34. The van der Waals surface area contributed by atoms with Crippen LogP contribution in [0.1, 0.15) is 33.9 Å². The lowest BCUT2D eigenvalue weighted by Gasteiger charge is -2.28. The molecule has 0 bridgehead atoms. The Morgan fingerprint density at radius 2 is 1.72 bits per heavy atom. The first kappa shape index (κ1) is 12.5. The Bertz CT molecular complexity index is 536. The standard InChI is InChI=1S/C13H17N3O2/c1-9(17)18-12(13(2,3)4)16-14-10-7-5-6-8-11(10)15-16/h5-8,12H,1-4H3. The van der Waals surface area contributed by atoms with Gasteiger partial charge in [0, 0.05) is 12.3 Å². The first-order valence-corrected chi connectivity index (χ1v) is 5.87. The monoisotopic (exact) mass is 247 g/mol. The Labute approximate surface area is 106 Å². The van der Waals surface area contributed by atoms with Crippen LogP contribution in [0.2, 0.25) is 0 Å². The topological polar surface area (TPSA) is 57.0 Å². The third kappa shape index (κ3) is 2.50. The highest BCUT2D eigenvalue weighted by molar-refractivity contribution is 5.73. The fraction of sp³-hybridized carbons (Fsp3) is 0.462. The second kappa shape index (κ2) is 4.40. The van der Waals surface area contributed by atoms with Crippen LogP contribution in [0, 0.1) is 5.41 Å². The molecule has 0 radical (unpaired) electrons. The summed E-state index contributed by atoms with van der Waals surface area (Å²) in [5.41, 5.74) is 1.30. The molecule has 1 heterocycles. The van der Waals surface area contributed by atoms with Crippen molar-refractivity contribution in [3.63, 3.8) is 0 Å². The van der Waals surface area contributed by atoms with Crippen molar-refractivity contribution in [3.05, 3.63) is 24.3 Å². The lowest BCUT2D eigenvalue weighted by molar-refractivity contribution is -0.162. The summed E-state index contributed by atoms with van der Waals surface area (Å²) in [6, 6.07) is 7.57. The molecule has 96 valence electrons. The zero-order valence-corrected chi connectivity index (χ0v) is 11.0. The fourth-order valence-corrected chi connectivity index (χ4v) is 1.71. The molecular formula is C13H17N3O2. The van der Waals surface area contributed by atoms with E-state index in [1.165, 1.54) is 11.7 Å². The Morgan fingerprint density at radius 3 is 2.11 bits per heavy atom. The zero-order chi connectivity index (χ0) is 13.3. The normalized spacial score (nSPS) is 13.6. The van der Waals surface area contributed by atoms with E-state index in [-0.39, 0.29) is 11.4 Å². The maximum absolute atomic E-state index is 11.2. The Balaban J connectivity index is 2.44. The minimum Gasteiger partial charge on any atom is -0.438 e. The van der Waals surface area contributed by atoms with Gasteiger partial charge in [-0.3, -0.25) is 4.79 Å². The number of aromatic nitrogens is 3. The van der Waals surface area contributed by atoms with Crippen molar-refractivity contribution in [2.24, 2.45) is 5.41 Å². The Hall–Kier alpha value is -1.91. The summed E-state index contributed by atoms with van der Waals surface area (Å²) in [4.78, 5) is 12.7. The van der Waals surface area contributed by atoms with Crippen molar-refractivity contribution >= 4 is 17.0 Å². The summed E-state index contributed by atoms with van der Waals surface area (Å²) in [5.74, 6) is -0.337. The lowest BCUT2D eigenvalue weighted by Crippen LogP contribution is -2.30. The van der Waals surface area contributed by atoms with Gasteiger partial charge in [0.25, 0.3) is 0 Å². The van der Waals surface area contributed by atoms with Crippen LogP contribution in [0.15, 0.2) is 24.3 Å². The zero-order valence-electron chi connectivity index (χ0n) is 11.0. The molecule has 0 aliphatic carbocycles. The number of rotatable bonds is 2. The van der Waals surface area contributed by atoms with E-state index < -0.39 is 6.23 Å². The van der Waals surface area contributed by atoms with E-state index in [4.69, 9.17) is 4.74 Å². The average molecular weight is 247 g/mol. The number of fused-ring (bicyclic) bond motifs is 1. The summed E-state index contributed by atoms with van der Waals surface area (Å²) in [6.45, 7) is 7.33. The van der Waals surface area contributed by atoms with E-state index in [9.17, 15) is 4.79 Å². The number of ether oxygens (including phenoxy) is 1. The Morgan fingerprint density at radius 1 is 1.22 bits per heavy atom. The fourth-order valence-electron chi connectivity index (χ4n) is 1.71. The lowest BCUT2D eigenvalue weighted by atomic mass is 9.94. The third-order valence-electron chi connectivity index (χ3n) is 2.53. The quantitative estimate of drug-likeness (QED) is 0.765. The molecule has 0 aliphatic rings. The number of hydrogen-bond donors (Lipinski definition) is 0. The molecule has 1 aromatic carbocycles. The van der Waals surface area contributed by atoms with Crippen molar-refractivity contribution in [2.45, 2.75) is 33.9 Å². The van der Waals surface area contributed by atoms with E-state index in [0.29, 0.717) is 0 Å². The highest BCUT2D eigenvalue weighted by Gasteiger charge is 2.31. The van der Waals surface area contributed by atoms with Gasteiger partial charge >= 0.3 is 5.97 Å². The van der Waals surface area contributed by atoms with Crippen LogP contribution >= 0.6 is 0 Å². The molecule has 0 saturated heterocycles. The van der Waals surface area contributed by atoms with Gasteiger partial charge in [0.15, 0.2) is 0 Å². The number of carbonyl (C=O) groups is 1. The summed E-state index contributed by atoms with van der Waals surface area (Å²) in [5, 5.41) is 8.72. The molecule has 0 N–H and O–H groups in total. The molecule has 2 rings (SSSR count). The summed E-state index contributed by atoms with van der Waals surface area (Å²) >= 11 is 0. The molecule has 5 heteroatoms. The predicted molar refractivity (Wildman–Crippen MR) is 67.8 cm³/mol. The number of nitrogens with zero attached hydrogens (tertiary/aromatic N) is 3. The molecule has 0 spiro atoms. The molecule has 0 saturated carbocycles. The maximum atomic E-state index is 11.2. The Kier molecular flexibility index (Phi) is 3.07. The average Bonchev–Trinajstić information content (AvgIpc) is 2.67. The molecule has 2 aromatic rings. The molecule has 0 fully saturated rings. The van der Waals surface area contributed by atoms with Crippen molar-refractivity contribution < 1.29 is 9.53 Å². The van der Waals surface area contributed by atoms with E-state index in [2.05, 4.69) is 10.2 Å². The summed E-state index contributed by atoms with van der Waals surface area (Å²) in [6.07, 6.45) is -0.512. The van der Waals surface area contributed by atoms with Crippen molar-refractivity contribution in [3.8, 4) is 0 Å². The van der Waals surface area contributed by atoms with E-state index >= 15 is 0 Å². The van der Waals surface area contributed by atoms with Crippen molar-refractivity contribution in [1.82, 2.24) is 15.0 Å². The SMILES string of the molecule is CC(=O)OC(n1nc2ccccc2n1)C(C)(C)C. The highest BCUT2D eigenvalue weighted by atomic mass is 16.6. The molecule has 1 atom stereocenters. The van der Waals surface area contributed by atoms with Crippen LogP contribution in [0.4, 0.5) is 0 Å². The van der Waals surface area contributed by atoms with Crippen LogP contribution in [0.3, 0.4) is 0 Å². The van der Waals surface area contributed by atoms with Gasteiger partial charge in [0.1, 0.15) is 11.0 Å². The number of esters is 1. The highest BCUT2D eigenvalue weighted by Crippen LogP contribution is 2.31. The van der Waals surface area contributed by atoms with Gasteiger partial charge in [-0.1, -0.05) is 32.9 Å². The predicted octanol–water partition coefficient (Wildman–Crippen LogP) is 2.54. The van der Waals surface area contributed by atoms with Crippen LogP contribution in [-0.2, 0) is 9.53 Å². The van der Waals surface area contributed by atoms with Crippen LogP contribution < -0.4 is 0 Å². The molecule has 1 unspecified atom stereocenters. The smallest absolute Gasteiger partial charge is 0.304 e. The maximum Gasteiger partial charge on any atom is 0.304 e. The van der Waals surface area contributed by atoms with Crippen molar-refractivity contribution in [2.75, 3.05) is 0 Å². The van der Waals surface area contributed by atoms with Gasteiger partial charge in [-0.25, -0.2) is 0 Å². The van der Waals surface area contributed by atoms with Gasteiger partial charge in [0.2, 0.25) is 6.23 Å². The molecule has 0 amide bonds. The van der Waals surface area contributed by atoms with Crippen LogP contribution in [0.25, 0.3) is 11.0 Å². The molecular weight excluding hydrogens is 230 g/mol. The number of benzene rings is 1. The molecule has 5 nitrogen and oxygen atoms in total. The summed E-state index contributed by atoms with van der Waals surface area (Å²) in [7, 11) is 0. The first-order valence-electron chi connectivity index (χ1n) is 5.87. The molecule has 1 aromatic heterocycles. The molecule has 18 heavy (non-hydrogen) atoms. The van der Waals surface area contributed by atoms with E-state index in [1.807, 2.05) is 45.0 Å². The minimum absolute atomic E-state index is 0.277. The van der Waals surface area contributed by atoms with E-state index in [1.54, 1.807) is 0 Å². The van der Waals surface area contributed by atoms with Crippen molar-refractivity contribution in [1.29, 1.82) is 0 Å².